The molecule has 2 aliphatic rings. The lowest BCUT2D eigenvalue weighted by Crippen LogP contribution is -2.37. The molecule has 25 heavy (non-hydrogen) atoms. The molecule has 2 aliphatic heterocycles. The Morgan fingerprint density at radius 2 is 2.16 bits per heavy atom. The van der Waals surface area contributed by atoms with Crippen molar-refractivity contribution in [3.05, 3.63) is 23.5 Å². The van der Waals surface area contributed by atoms with Crippen LogP contribution in [0.15, 0.2) is 12.3 Å². The lowest BCUT2D eigenvalue weighted by molar-refractivity contribution is 0.170. The van der Waals surface area contributed by atoms with Gasteiger partial charge in [0.2, 0.25) is 0 Å². The highest BCUT2D eigenvalue weighted by Crippen LogP contribution is 2.31. The summed E-state index contributed by atoms with van der Waals surface area (Å²) >= 11 is 2.30. The highest BCUT2D eigenvalue weighted by atomic mass is 27.0. The number of aromatic nitrogens is 3. The van der Waals surface area contributed by atoms with Gasteiger partial charge in [-0.3, -0.25) is 0 Å². The van der Waals surface area contributed by atoms with E-state index in [0.29, 0.717) is 0 Å². The van der Waals surface area contributed by atoms with E-state index in [1.165, 1.54) is 0 Å². The second-order valence-electron chi connectivity index (χ2n) is 7.16. The maximum absolute atomic E-state index is 11.9. The fraction of sp³-hybridized carbons (Fsp3) is 0.588. The topological polar surface area (TPSA) is 79.8 Å². The van der Waals surface area contributed by atoms with Gasteiger partial charge in [-0.2, -0.15) is 5.10 Å². The summed E-state index contributed by atoms with van der Waals surface area (Å²) in [4.78, 5) is 20.9. The van der Waals surface area contributed by atoms with Crippen LogP contribution in [-0.4, -0.2) is 66.2 Å². The van der Waals surface area contributed by atoms with Gasteiger partial charge in [0.1, 0.15) is 5.82 Å². The molecule has 2 aromatic rings. The number of nitrogens with zero attached hydrogens (tertiary/aromatic N) is 5. The van der Waals surface area contributed by atoms with E-state index in [2.05, 4.69) is 28.1 Å². The van der Waals surface area contributed by atoms with Gasteiger partial charge in [-0.05, 0) is 32.6 Å². The number of carbonyl (C=O) groups is 1. The molecule has 8 heteroatoms. The van der Waals surface area contributed by atoms with Crippen molar-refractivity contribution in [2.24, 2.45) is 5.73 Å². The fourth-order valence-corrected chi connectivity index (χ4v) is 4.29. The first-order valence-electron chi connectivity index (χ1n) is 8.96. The molecule has 2 atom stereocenters. The number of hydrogen-bond acceptors (Lipinski definition) is 5. The number of piperidine rings is 1. The van der Waals surface area contributed by atoms with Crippen molar-refractivity contribution < 1.29 is 4.79 Å². The molecule has 2 radical (unpaired) electrons. The average molecular weight is 354 g/mol. The molecule has 0 bridgehead atoms. The molecule has 1 amide bonds. The van der Waals surface area contributed by atoms with Gasteiger partial charge in [-0.15, -0.1) is 0 Å². The molecular weight excluding hydrogens is 331 g/mol. The van der Waals surface area contributed by atoms with Crippen molar-refractivity contribution in [3.63, 3.8) is 0 Å². The maximum atomic E-state index is 11.9. The average Bonchev–Trinajstić information content (AvgIpc) is 3.19. The third-order valence-corrected chi connectivity index (χ3v) is 5.61. The van der Waals surface area contributed by atoms with E-state index >= 15 is 0 Å². The van der Waals surface area contributed by atoms with Gasteiger partial charge in [0, 0.05) is 43.5 Å². The standard InChI is InChI=1S/C17H23N6O.Al/c1-12-9-23-16(19-17(12)21-7-5-13(18)10-21)8-14(20-23)15-4-2-3-6-22(15)11-24;/h8-9,13,15H,2-7,10,18H2,1H3;/t13-,15-;/m0./s1. The largest absolute Gasteiger partial charge is 0.355 e. The Balaban J connectivity index is 1.69. The molecule has 0 spiro atoms. The molecule has 2 N–H and O–H groups in total. The quantitative estimate of drug-likeness (QED) is 0.825. The van der Waals surface area contributed by atoms with Crippen LogP contribution in [0, 0.1) is 6.92 Å². The van der Waals surface area contributed by atoms with Gasteiger partial charge in [0.15, 0.2) is 5.65 Å². The number of likely N-dealkylation sites (tertiary alicyclic amines) is 1. The van der Waals surface area contributed by atoms with Crippen LogP contribution in [0.25, 0.3) is 5.65 Å². The molecule has 0 aliphatic carbocycles. The summed E-state index contributed by atoms with van der Waals surface area (Å²) in [6.07, 6.45) is 6.17. The van der Waals surface area contributed by atoms with E-state index in [0.717, 1.165) is 68.0 Å². The molecule has 2 saturated heterocycles. The number of nitrogens with two attached hydrogens (primary N) is 1. The van der Waals surface area contributed by atoms with Crippen molar-refractivity contribution in [1.82, 2.24) is 19.5 Å². The molecule has 130 valence electrons. The molecule has 2 fully saturated rings. The van der Waals surface area contributed by atoms with E-state index in [1.807, 2.05) is 21.7 Å². The summed E-state index contributed by atoms with van der Waals surface area (Å²) in [6, 6.07) is 2.29. The number of rotatable bonds is 2. The molecule has 0 saturated carbocycles. The number of amides is 1. The Morgan fingerprint density at radius 3 is 2.88 bits per heavy atom. The third-order valence-electron chi connectivity index (χ3n) is 5.28. The Morgan fingerprint density at radius 1 is 1.32 bits per heavy atom. The Bertz CT molecular complexity index is 806. The van der Waals surface area contributed by atoms with Crippen LogP contribution < -0.4 is 10.6 Å². The zero-order valence-corrected chi connectivity index (χ0v) is 15.7. The normalized spacial score (nSPS) is 24.2. The minimum atomic E-state index is 0.0395. The Hall–Kier alpha value is -1.62. The number of fused-ring (bicyclic) bond motifs is 1. The highest BCUT2D eigenvalue weighted by Gasteiger charge is 2.28. The zero-order chi connectivity index (χ0) is 17.6. The van der Waals surface area contributed by atoms with E-state index in [-0.39, 0.29) is 16.9 Å². The van der Waals surface area contributed by atoms with Crippen molar-refractivity contribution >= 4 is 32.5 Å². The number of aryl methyl sites for hydroxylation is 1. The monoisotopic (exact) mass is 354 g/mol. The Kier molecular flexibility index (Phi) is 4.44. The first kappa shape index (κ1) is 16.8. The SMILES string of the molecule is Cc1cn2nc([C@@H]3CCCCN3[C](=O)[Al])cc2nc1N1CC[C@H](N)C1. The number of hydrogen-bond donors (Lipinski definition) is 1. The predicted molar refractivity (Wildman–Crippen MR) is 97.0 cm³/mol. The summed E-state index contributed by atoms with van der Waals surface area (Å²) in [7, 11) is 0. The van der Waals surface area contributed by atoms with Crippen LogP contribution in [0.4, 0.5) is 10.6 Å². The first-order chi connectivity index (χ1) is 12.0. The van der Waals surface area contributed by atoms with Crippen LogP contribution in [-0.2, 0) is 0 Å². The van der Waals surface area contributed by atoms with Crippen LogP contribution in [0.2, 0.25) is 0 Å². The van der Waals surface area contributed by atoms with Gasteiger partial charge in [0.05, 0.1) is 16.5 Å². The summed E-state index contributed by atoms with van der Waals surface area (Å²) in [6.45, 7) is 4.66. The predicted octanol–water partition coefficient (Wildman–Crippen LogP) is 1.39. The van der Waals surface area contributed by atoms with Gasteiger partial charge in [-0.1, -0.05) is 0 Å². The van der Waals surface area contributed by atoms with E-state index < -0.39 is 0 Å². The van der Waals surface area contributed by atoms with Crippen molar-refractivity contribution in [3.8, 4) is 0 Å². The van der Waals surface area contributed by atoms with Crippen molar-refractivity contribution in [1.29, 1.82) is 0 Å². The summed E-state index contributed by atoms with van der Waals surface area (Å²) < 4.78 is 1.88. The second kappa shape index (κ2) is 6.60. The summed E-state index contributed by atoms with van der Waals surface area (Å²) in [5, 5.41) is 4.72. The minimum Gasteiger partial charge on any atom is -0.355 e. The van der Waals surface area contributed by atoms with Gasteiger partial charge in [0.25, 0.3) is 16.3 Å². The molecule has 2 aromatic heterocycles. The maximum Gasteiger partial charge on any atom is 0.281 e. The Labute approximate surface area is 155 Å². The van der Waals surface area contributed by atoms with Crippen LogP contribution in [0.5, 0.6) is 0 Å². The zero-order valence-electron chi connectivity index (χ0n) is 14.6. The van der Waals surface area contributed by atoms with E-state index in [4.69, 9.17) is 15.8 Å². The smallest absolute Gasteiger partial charge is 0.281 e. The van der Waals surface area contributed by atoms with Gasteiger partial charge in [-0.25, -0.2) is 9.50 Å². The highest BCUT2D eigenvalue weighted by molar-refractivity contribution is 6.56. The van der Waals surface area contributed by atoms with Crippen LogP contribution >= 0.6 is 0 Å². The van der Waals surface area contributed by atoms with Gasteiger partial charge < -0.3 is 20.3 Å². The molecule has 4 heterocycles. The lowest BCUT2D eigenvalue weighted by atomic mass is 10.0. The summed E-state index contributed by atoms with van der Waals surface area (Å²) in [5.41, 5.74) is 8.90. The summed E-state index contributed by atoms with van der Waals surface area (Å²) in [5.74, 6) is 0.995. The third kappa shape index (κ3) is 3.14. The van der Waals surface area contributed by atoms with E-state index in [1.54, 1.807) is 0 Å². The molecule has 4 rings (SSSR count). The van der Waals surface area contributed by atoms with Crippen molar-refractivity contribution in [2.45, 2.75) is 44.7 Å². The van der Waals surface area contributed by atoms with Crippen molar-refractivity contribution in [2.75, 3.05) is 24.5 Å². The number of anilines is 1. The molecular formula is C17H23AlN6O. The molecule has 0 unspecified atom stereocenters. The van der Waals surface area contributed by atoms with Gasteiger partial charge >= 0.3 is 0 Å². The molecule has 0 aromatic carbocycles. The minimum absolute atomic E-state index is 0.0395. The lowest BCUT2D eigenvalue weighted by Gasteiger charge is -2.35. The number of carbonyl (C=O) groups excluding carboxylic acids is 1. The fourth-order valence-electron chi connectivity index (χ4n) is 3.98. The van der Waals surface area contributed by atoms with Crippen LogP contribution in [0.1, 0.15) is 43.0 Å². The first-order valence-corrected chi connectivity index (χ1v) is 9.54. The van der Waals surface area contributed by atoms with Crippen LogP contribution in [0.3, 0.4) is 0 Å². The molecule has 7 nitrogen and oxygen atoms in total. The van der Waals surface area contributed by atoms with E-state index in [9.17, 15) is 4.79 Å². The second-order valence-corrected chi connectivity index (χ2v) is 7.65.